The average molecular weight is 261 g/mol. The van der Waals surface area contributed by atoms with Crippen LogP contribution in [0.4, 0.5) is 0 Å². The molecule has 0 rings (SSSR count). The van der Waals surface area contributed by atoms with Crippen molar-refractivity contribution in [2.45, 2.75) is 25.7 Å². The Morgan fingerprint density at radius 3 is 2.00 bits per heavy atom. The van der Waals surface area contributed by atoms with Gasteiger partial charge in [0.15, 0.2) is 0 Å². The van der Waals surface area contributed by atoms with Crippen molar-refractivity contribution in [3.8, 4) is 0 Å². The van der Waals surface area contributed by atoms with E-state index < -0.39 is 21.1 Å². The third kappa shape index (κ3) is 9.08. The summed E-state index contributed by atoms with van der Waals surface area (Å²) >= 11 is 0. The van der Waals surface area contributed by atoms with Gasteiger partial charge in [-0.3, -0.25) is 4.57 Å². The van der Waals surface area contributed by atoms with Crippen molar-refractivity contribution in [3.63, 3.8) is 0 Å². The minimum absolute atomic E-state index is 0.196. The molecule has 0 aromatic rings. The highest BCUT2D eigenvalue weighted by atomic mass is 31.2. The van der Waals surface area contributed by atoms with Crippen LogP contribution in [0.2, 0.25) is 0 Å². The van der Waals surface area contributed by atoms with Gasteiger partial charge in [0.25, 0.3) is 0 Å². The molecule has 9 heteroatoms. The van der Waals surface area contributed by atoms with Gasteiger partial charge in [-0.1, -0.05) is 6.42 Å². The van der Waals surface area contributed by atoms with Gasteiger partial charge in [-0.15, -0.1) is 0 Å². The molecule has 90 valence electrons. The lowest BCUT2D eigenvalue weighted by Crippen LogP contribution is -2.04. The molecule has 15 heavy (non-hydrogen) atoms. The lowest BCUT2D eigenvalue weighted by atomic mass is 10.2. The Morgan fingerprint density at radius 1 is 1.07 bits per heavy atom. The van der Waals surface area contributed by atoms with Crippen LogP contribution in [-0.2, 0) is 9.36 Å². The summed E-state index contributed by atoms with van der Waals surface area (Å²) in [6.07, 6.45) is 0.460. The number of rotatable bonds is 7. The zero-order chi connectivity index (χ0) is 12.1. The molecule has 0 heterocycles. The maximum atomic E-state index is 10.8. The molecule has 0 aliphatic carbocycles. The average Bonchev–Trinajstić information content (AvgIpc) is 1.99. The summed E-state index contributed by atoms with van der Waals surface area (Å²) in [6.45, 7) is 0. The van der Waals surface area contributed by atoms with E-state index in [1.807, 2.05) is 0 Å². The summed E-state index contributed by atoms with van der Waals surface area (Å²) in [5.74, 6) is 0. The van der Waals surface area contributed by atoms with Crippen molar-refractivity contribution < 1.29 is 33.8 Å². The van der Waals surface area contributed by atoms with Crippen molar-refractivity contribution >= 4 is 21.1 Å². The van der Waals surface area contributed by atoms with Crippen LogP contribution in [-0.4, -0.2) is 36.2 Å². The van der Waals surface area contributed by atoms with Crippen LogP contribution in [0.1, 0.15) is 25.7 Å². The Hall–Kier alpha value is 0.130. The zero-order valence-corrected chi connectivity index (χ0v) is 9.77. The molecule has 0 unspecified atom stereocenters. The molecule has 0 spiro atoms. The maximum absolute atomic E-state index is 10.8. The third-order valence-electron chi connectivity index (χ3n) is 1.67. The molecule has 5 N–H and O–H groups in total. The Morgan fingerprint density at radius 2 is 1.60 bits per heavy atom. The number of unbranched alkanes of at least 4 members (excludes halogenated alkanes) is 2. The van der Waals surface area contributed by atoms with Gasteiger partial charge in [0.1, 0.15) is 0 Å². The molecular weight excluding hydrogens is 246 g/mol. The molecule has 7 nitrogen and oxygen atoms in total. The molecule has 0 atom stereocenters. The molecule has 0 aromatic carbocycles. The Balaban J connectivity index is 3.57. The zero-order valence-electron chi connectivity index (χ0n) is 7.98. The summed E-state index contributed by atoms with van der Waals surface area (Å²) in [4.78, 5) is 53.3. The van der Waals surface area contributed by atoms with Gasteiger partial charge in [-0.05, 0) is 12.8 Å². The number of hydrogen-bond donors (Lipinski definition) is 5. The Kier molecular flexibility index (Phi) is 6.06. The first-order valence-corrected chi connectivity index (χ1v) is 7.72. The van der Waals surface area contributed by atoms with Crippen molar-refractivity contribution in [2.75, 3.05) is 6.16 Å². The number of carbonyl (C=O) groups excluding carboxylic acids is 1. The number of hydrogen-bond acceptors (Lipinski definition) is 5. The molecule has 0 radical (unpaired) electrons. The quantitative estimate of drug-likeness (QED) is 0.321. The summed E-state index contributed by atoms with van der Waals surface area (Å²) in [5.41, 5.74) is -1.02. The van der Waals surface area contributed by atoms with Crippen molar-refractivity contribution in [2.24, 2.45) is 0 Å². The first-order valence-electron chi connectivity index (χ1n) is 4.28. The van der Waals surface area contributed by atoms with E-state index in [1.165, 1.54) is 0 Å². The molecule has 0 fully saturated rings. The van der Waals surface area contributed by atoms with E-state index in [-0.39, 0.29) is 25.4 Å². The topological polar surface area (TPSA) is 135 Å². The molecule has 0 aliphatic heterocycles. The largest absolute Gasteiger partial charge is 0.478 e. The van der Waals surface area contributed by atoms with Gasteiger partial charge in [-0.25, -0.2) is 4.79 Å². The fraction of sp³-hybridized carbons (Fsp3) is 0.833. The van der Waals surface area contributed by atoms with Gasteiger partial charge >= 0.3 is 21.1 Å². The van der Waals surface area contributed by atoms with Gasteiger partial charge in [0.2, 0.25) is 0 Å². The maximum Gasteiger partial charge on any atom is 0.478 e. The van der Waals surface area contributed by atoms with Crippen LogP contribution in [0, 0.1) is 0 Å². The van der Waals surface area contributed by atoms with Crippen molar-refractivity contribution in [1.82, 2.24) is 0 Å². The van der Waals surface area contributed by atoms with Gasteiger partial charge in [-0.2, -0.15) is 14.7 Å². The Labute approximate surface area is 87.5 Å². The number of carbonyl (C=O) groups is 1. The van der Waals surface area contributed by atoms with E-state index in [2.05, 4.69) is 0 Å². The summed E-state index contributed by atoms with van der Waals surface area (Å²) in [5, 5.41) is 0. The summed E-state index contributed by atoms with van der Waals surface area (Å²) < 4.78 is 10.4. The summed E-state index contributed by atoms with van der Waals surface area (Å²) in [6, 6.07) is 0. The van der Waals surface area contributed by atoms with Crippen molar-refractivity contribution in [1.29, 1.82) is 0 Å². The predicted octanol–water partition coefficient (Wildman–Crippen LogP) is -0.00940. The van der Waals surface area contributed by atoms with Crippen LogP contribution in [0.3, 0.4) is 0 Å². The molecule has 0 aromatic heterocycles. The lowest BCUT2D eigenvalue weighted by Gasteiger charge is -2.03. The van der Waals surface area contributed by atoms with E-state index >= 15 is 0 Å². The van der Waals surface area contributed by atoms with E-state index in [4.69, 9.17) is 24.5 Å². The highest BCUT2D eigenvalue weighted by molar-refractivity contribution is 7.76. The second-order valence-corrected chi connectivity index (χ2v) is 6.57. The second kappa shape index (κ2) is 6.01. The monoisotopic (exact) mass is 261 g/mol. The van der Waals surface area contributed by atoms with Crippen LogP contribution >= 0.6 is 15.5 Å². The SMILES string of the molecule is O=C(CCCCCP(=O)(O)O)[P+](O)(O)O. The second-order valence-electron chi connectivity index (χ2n) is 3.16. The first-order chi connectivity index (χ1) is 6.63. The predicted molar refractivity (Wildman–Crippen MR) is 54.0 cm³/mol. The summed E-state index contributed by atoms with van der Waals surface area (Å²) in [7, 11) is -8.37. The smallest absolute Gasteiger partial charge is 0.324 e. The molecule has 0 amide bonds. The minimum Gasteiger partial charge on any atom is -0.324 e. The fourth-order valence-corrected chi connectivity index (χ4v) is 2.01. The lowest BCUT2D eigenvalue weighted by molar-refractivity contribution is -0.114. The molecule has 0 saturated heterocycles. The van der Waals surface area contributed by atoms with Crippen LogP contribution in [0.15, 0.2) is 0 Å². The fourth-order valence-electron chi connectivity index (χ4n) is 0.921. The van der Waals surface area contributed by atoms with Gasteiger partial charge < -0.3 is 9.79 Å². The molecule has 0 saturated carbocycles. The standard InChI is InChI=1S/C6H14O7P2/c7-6(15(11,12)13)4-2-1-3-5-14(8,9)10/h11-13H,1-5H2,(H-,8,9,10)/p+1. The third-order valence-corrected chi connectivity index (χ3v) is 3.47. The highest BCUT2D eigenvalue weighted by Crippen LogP contribution is 2.46. The minimum atomic E-state index is -4.38. The van der Waals surface area contributed by atoms with E-state index in [0.717, 1.165) is 0 Å². The van der Waals surface area contributed by atoms with Gasteiger partial charge in [0.05, 0.1) is 6.42 Å². The molecular formula is C6H15O7P2+. The van der Waals surface area contributed by atoms with E-state index in [0.29, 0.717) is 6.42 Å². The normalized spacial score (nSPS) is 12.9. The highest BCUT2D eigenvalue weighted by Gasteiger charge is 2.41. The van der Waals surface area contributed by atoms with Crippen LogP contribution in [0.25, 0.3) is 0 Å². The van der Waals surface area contributed by atoms with E-state index in [1.54, 1.807) is 0 Å². The first kappa shape index (κ1) is 15.1. The van der Waals surface area contributed by atoms with Gasteiger partial charge in [0, 0.05) is 6.16 Å². The van der Waals surface area contributed by atoms with Crippen LogP contribution in [0.5, 0.6) is 0 Å². The molecule has 0 aliphatic rings. The van der Waals surface area contributed by atoms with Crippen molar-refractivity contribution in [3.05, 3.63) is 0 Å². The van der Waals surface area contributed by atoms with Crippen LogP contribution < -0.4 is 0 Å². The Bertz CT molecular complexity index is 253. The van der Waals surface area contributed by atoms with E-state index in [9.17, 15) is 9.36 Å². The molecule has 0 bridgehead atoms.